The van der Waals surface area contributed by atoms with Gasteiger partial charge in [-0.15, -0.1) is 0 Å². The van der Waals surface area contributed by atoms with E-state index >= 15 is 0 Å². The second-order valence-corrected chi connectivity index (χ2v) is 9.40. The minimum atomic E-state index is -1.22. The quantitative estimate of drug-likeness (QED) is 0.0315. The molecule has 2 unspecified atom stereocenters. The van der Waals surface area contributed by atoms with Crippen LogP contribution in [-0.2, 0) is 52.5 Å². The molecule has 7 N–H and O–H groups in total. The number of hydrogen-bond acceptors (Lipinski definition) is 11. The van der Waals surface area contributed by atoms with Gasteiger partial charge < -0.3 is 55.7 Å². The lowest BCUT2D eigenvalue weighted by Gasteiger charge is -2.14. The van der Waals surface area contributed by atoms with E-state index in [-0.39, 0.29) is 109 Å². The first-order valence-corrected chi connectivity index (χ1v) is 14.7. The van der Waals surface area contributed by atoms with Gasteiger partial charge >= 0.3 is 11.9 Å². The number of hydrogen-bond donors (Lipinski definition) is 7. The highest BCUT2D eigenvalue weighted by atomic mass is 16.5. The molecule has 2 atom stereocenters. The van der Waals surface area contributed by atoms with Gasteiger partial charge in [0.1, 0.15) is 25.3 Å². The largest absolute Gasteiger partial charge is 0.480 e. The fourth-order valence-corrected chi connectivity index (χ4v) is 3.39. The predicted octanol–water partition coefficient (Wildman–Crippen LogP) is -2.47. The number of amides is 5. The lowest BCUT2D eigenvalue weighted by molar-refractivity contribution is -0.143. The van der Waals surface area contributed by atoms with Gasteiger partial charge in [-0.25, -0.2) is 9.59 Å². The van der Waals surface area contributed by atoms with Gasteiger partial charge in [-0.05, 0) is 25.7 Å². The van der Waals surface area contributed by atoms with Crippen molar-refractivity contribution in [3.8, 4) is 0 Å². The summed E-state index contributed by atoms with van der Waals surface area (Å²) in [6.07, 6.45) is 1.87. The predicted molar refractivity (Wildman–Crippen MR) is 156 cm³/mol. The Morgan fingerprint density at radius 3 is 1.71 bits per heavy atom. The van der Waals surface area contributed by atoms with Crippen LogP contribution in [0.3, 0.4) is 0 Å². The Kier molecular flexibility index (Phi) is 25.3. The molecule has 0 aromatic heterocycles. The first-order chi connectivity index (χ1) is 21.6. The molecule has 0 saturated heterocycles. The molecule has 0 aromatic carbocycles. The molecule has 18 heteroatoms. The van der Waals surface area contributed by atoms with Crippen molar-refractivity contribution in [3.05, 3.63) is 0 Å². The highest BCUT2D eigenvalue weighted by molar-refractivity contribution is 5.84. The van der Waals surface area contributed by atoms with E-state index in [1.165, 1.54) is 0 Å². The number of ether oxygens (including phenoxy) is 4. The Hall–Kier alpha value is -3.87. The standard InChI is InChI=1S/C27H47N5O13/c1-2-22(34)28-8-4-3-5-21(27(40)41)32-25(37)18-45-16-14-43-12-10-30-24(36)17-44-15-13-42-11-9-29-23(35)7-6-20(26(38)39)31-19-33/h19-21H,2-18H2,1H3,(H,28,34)(H,29,35)(H,30,36)(H,31,33)(H,32,37)(H,38,39)(H,40,41). The molecule has 0 saturated carbocycles. The van der Waals surface area contributed by atoms with Crippen LogP contribution in [0.15, 0.2) is 0 Å². The summed E-state index contributed by atoms with van der Waals surface area (Å²) in [6.45, 7) is 3.05. The van der Waals surface area contributed by atoms with Crippen LogP contribution in [0, 0.1) is 0 Å². The zero-order chi connectivity index (χ0) is 33.7. The molecule has 258 valence electrons. The minimum Gasteiger partial charge on any atom is -0.480 e. The number of nitrogens with one attached hydrogen (secondary N) is 5. The van der Waals surface area contributed by atoms with Crippen LogP contribution in [0.4, 0.5) is 0 Å². The maximum absolute atomic E-state index is 12.0. The Balaban J connectivity index is 3.67. The van der Waals surface area contributed by atoms with Crippen molar-refractivity contribution in [1.29, 1.82) is 0 Å². The SMILES string of the molecule is CCC(=O)NCCCCC(NC(=O)COCCOCCNC(=O)COCCOCCNC(=O)CCC(NC=O)C(=O)O)C(=O)O. The molecule has 0 rings (SSSR count). The van der Waals surface area contributed by atoms with Gasteiger partial charge in [0, 0.05) is 32.5 Å². The van der Waals surface area contributed by atoms with Crippen LogP contribution in [0.5, 0.6) is 0 Å². The number of carboxylic acids is 2. The molecule has 0 aliphatic rings. The van der Waals surface area contributed by atoms with Gasteiger partial charge in [0.2, 0.25) is 30.0 Å². The van der Waals surface area contributed by atoms with E-state index in [0.29, 0.717) is 25.8 Å². The van der Waals surface area contributed by atoms with Gasteiger partial charge in [0.05, 0.1) is 39.6 Å². The average molecular weight is 650 g/mol. The molecular formula is C27H47N5O13. The number of aliphatic carboxylic acids is 2. The Labute approximate surface area is 261 Å². The van der Waals surface area contributed by atoms with Crippen LogP contribution in [0.2, 0.25) is 0 Å². The summed E-state index contributed by atoms with van der Waals surface area (Å²) in [5.41, 5.74) is 0. The van der Waals surface area contributed by atoms with E-state index in [4.69, 9.17) is 24.1 Å². The molecule has 0 spiro atoms. The van der Waals surface area contributed by atoms with Crippen molar-refractivity contribution in [2.45, 2.75) is 57.5 Å². The second kappa shape index (κ2) is 27.7. The summed E-state index contributed by atoms with van der Waals surface area (Å²) < 4.78 is 20.9. The summed E-state index contributed by atoms with van der Waals surface area (Å²) in [4.78, 5) is 79.2. The van der Waals surface area contributed by atoms with Crippen LogP contribution < -0.4 is 26.6 Å². The Morgan fingerprint density at radius 1 is 0.622 bits per heavy atom. The second-order valence-electron chi connectivity index (χ2n) is 9.40. The molecule has 0 fully saturated rings. The van der Waals surface area contributed by atoms with E-state index in [9.17, 15) is 38.7 Å². The van der Waals surface area contributed by atoms with Crippen molar-refractivity contribution in [2.24, 2.45) is 0 Å². The van der Waals surface area contributed by atoms with E-state index in [0.717, 1.165) is 0 Å². The Morgan fingerprint density at radius 2 is 1.16 bits per heavy atom. The third-order valence-corrected chi connectivity index (χ3v) is 5.77. The van der Waals surface area contributed by atoms with Crippen LogP contribution in [0.25, 0.3) is 0 Å². The van der Waals surface area contributed by atoms with Crippen molar-refractivity contribution in [2.75, 3.05) is 72.5 Å². The van der Waals surface area contributed by atoms with Crippen molar-refractivity contribution in [3.63, 3.8) is 0 Å². The van der Waals surface area contributed by atoms with Crippen LogP contribution in [-0.4, -0.2) is 137 Å². The number of unbranched alkanes of at least 4 members (excludes halogenated alkanes) is 1. The van der Waals surface area contributed by atoms with Crippen LogP contribution in [0.1, 0.15) is 45.4 Å². The topological polar surface area (TPSA) is 257 Å². The smallest absolute Gasteiger partial charge is 0.326 e. The summed E-state index contributed by atoms with van der Waals surface area (Å²) >= 11 is 0. The minimum absolute atomic E-state index is 0.0407. The number of carboxylic acid groups (broad SMARTS) is 2. The monoisotopic (exact) mass is 649 g/mol. The molecule has 0 aromatic rings. The molecule has 0 heterocycles. The molecule has 0 aliphatic heterocycles. The molecule has 0 aliphatic carbocycles. The summed E-state index contributed by atoms with van der Waals surface area (Å²) in [6, 6.07) is -2.18. The fourth-order valence-electron chi connectivity index (χ4n) is 3.39. The van der Waals surface area contributed by atoms with E-state index in [1.54, 1.807) is 6.92 Å². The van der Waals surface area contributed by atoms with Gasteiger partial charge in [0.25, 0.3) is 0 Å². The van der Waals surface area contributed by atoms with Gasteiger partial charge in [0.15, 0.2) is 0 Å². The van der Waals surface area contributed by atoms with Crippen molar-refractivity contribution >= 4 is 42.0 Å². The molecule has 18 nitrogen and oxygen atoms in total. The maximum atomic E-state index is 12.0. The molecule has 5 amide bonds. The van der Waals surface area contributed by atoms with E-state index in [1.807, 2.05) is 0 Å². The first-order valence-electron chi connectivity index (χ1n) is 14.7. The maximum Gasteiger partial charge on any atom is 0.326 e. The van der Waals surface area contributed by atoms with Crippen LogP contribution >= 0.6 is 0 Å². The van der Waals surface area contributed by atoms with E-state index < -0.39 is 29.9 Å². The van der Waals surface area contributed by atoms with Crippen molar-refractivity contribution < 1.29 is 62.7 Å². The molecule has 45 heavy (non-hydrogen) atoms. The number of carbonyl (C=O) groups excluding carboxylic acids is 5. The average Bonchev–Trinajstić information content (AvgIpc) is 3.00. The third kappa shape index (κ3) is 25.2. The van der Waals surface area contributed by atoms with Crippen molar-refractivity contribution in [1.82, 2.24) is 26.6 Å². The number of carbonyl (C=O) groups is 7. The zero-order valence-corrected chi connectivity index (χ0v) is 25.6. The normalized spacial score (nSPS) is 11.9. The van der Waals surface area contributed by atoms with Gasteiger partial charge in [-0.2, -0.15) is 0 Å². The Bertz CT molecular complexity index is 906. The molecular weight excluding hydrogens is 602 g/mol. The lowest BCUT2D eigenvalue weighted by atomic mass is 10.1. The van der Waals surface area contributed by atoms with E-state index in [2.05, 4.69) is 26.6 Å². The zero-order valence-electron chi connectivity index (χ0n) is 25.6. The summed E-state index contributed by atoms with van der Waals surface area (Å²) in [5, 5.41) is 30.5. The number of rotatable bonds is 30. The highest BCUT2D eigenvalue weighted by Gasteiger charge is 2.19. The summed E-state index contributed by atoms with van der Waals surface area (Å²) in [5.74, 6) is -3.76. The first kappa shape index (κ1) is 41.1. The molecule has 0 bridgehead atoms. The highest BCUT2D eigenvalue weighted by Crippen LogP contribution is 2.02. The summed E-state index contributed by atoms with van der Waals surface area (Å²) in [7, 11) is 0. The molecule has 0 radical (unpaired) electrons. The lowest BCUT2D eigenvalue weighted by Crippen LogP contribution is -2.42. The fraction of sp³-hybridized carbons (Fsp3) is 0.741. The van der Waals surface area contributed by atoms with Gasteiger partial charge in [-0.1, -0.05) is 6.92 Å². The van der Waals surface area contributed by atoms with Gasteiger partial charge in [-0.3, -0.25) is 24.0 Å². The third-order valence-electron chi connectivity index (χ3n) is 5.77.